The number of pyridine rings is 3. The molecule has 0 spiro atoms. The molecule has 8 heteroatoms. The van der Waals surface area contributed by atoms with Crippen LogP contribution in [0.5, 0.6) is 0 Å². The Bertz CT molecular complexity index is 2550. The SMILES string of the molecule is N#Cc1ccc(-c2ccc(-c3nc(C/C=C\c4ccc5cccnc5c4N)nc(-c4ccc5ccc6cccnc6c5n4)n3)cc2)cc1. The summed E-state index contributed by atoms with van der Waals surface area (Å²) in [6, 6.07) is 37.7. The van der Waals surface area contributed by atoms with Gasteiger partial charge in [-0.05, 0) is 47.0 Å². The van der Waals surface area contributed by atoms with Crippen molar-refractivity contribution in [2.45, 2.75) is 6.42 Å². The number of aromatic nitrogens is 6. The van der Waals surface area contributed by atoms with Gasteiger partial charge in [-0.25, -0.2) is 19.9 Å². The molecule has 0 aliphatic heterocycles. The summed E-state index contributed by atoms with van der Waals surface area (Å²) in [6.45, 7) is 0. The van der Waals surface area contributed by atoms with Crippen molar-refractivity contribution in [3.8, 4) is 40.1 Å². The van der Waals surface area contributed by atoms with Gasteiger partial charge in [-0.3, -0.25) is 9.97 Å². The van der Waals surface area contributed by atoms with Gasteiger partial charge >= 0.3 is 0 Å². The minimum Gasteiger partial charge on any atom is -0.396 e. The number of nitriles is 1. The van der Waals surface area contributed by atoms with Crippen LogP contribution in [0.4, 0.5) is 5.69 Å². The molecule has 0 bridgehead atoms. The number of anilines is 1. The summed E-state index contributed by atoms with van der Waals surface area (Å²) in [4.78, 5) is 28.7. The zero-order chi connectivity index (χ0) is 32.5. The van der Waals surface area contributed by atoms with Crippen LogP contribution in [0.25, 0.3) is 72.8 Å². The topological polar surface area (TPSA) is 127 Å². The highest BCUT2D eigenvalue weighted by Crippen LogP contribution is 2.28. The molecule has 2 N–H and O–H groups in total. The molecular weight excluding hydrogens is 592 g/mol. The molecule has 4 aromatic heterocycles. The molecule has 0 radical (unpaired) electrons. The molecule has 0 amide bonds. The number of fused-ring (bicyclic) bond motifs is 4. The Morgan fingerprint density at radius 3 is 1.94 bits per heavy atom. The Hall–Kier alpha value is -6.85. The molecule has 0 aliphatic rings. The van der Waals surface area contributed by atoms with Crippen LogP contribution in [-0.2, 0) is 6.42 Å². The molecule has 0 atom stereocenters. The van der Waals surface area contributed by atoms with Crippen LogP contribution in [0.2, 0.25) is 0 Å². The van der Waals surface area contributed by atoms with Crippen molar-refractivity contribution in [3.05, 3.63) is 145 Å². The zero-order valence-electron chi connectivity index (χ0n) is 25.6. The van der Waals surface area contributed by atoms with Gasteiger partial charge in [0.1, 0.15) is 11.5 Å². The number of benzene rings is 4. The first-order valence-electron chi connectivity index (χ1n) is 15.4. The third-order valence-corrected chi connectivity index (χ3v) is 8.28. The third-order valence-electron chi connectivity index (χ3n) is 8.28. The lowest BCUT2D eigenvalue weighted by Crippen LogP contribution is -2.03. The van der Waals surface area contributed by atoms with Gasteiger partial charge in [0.2, 0.25) is 0 Å². The van der Waals surface area contributed by atoms with E-state index in [1.54, 1.807) is 12.4 Å². The van der Waals surface area contributed by atoms with E-state index in [-0.39, 0.29) is 0 Å². The number of nitrogens with two attached hydrogens (primary N) is 1. The molecule has 8 aromatic rings. The minimum absolute atomic E-state index is 0.448. The molecule has 0 fully saturated rings. The van der Waals surface area contributed by atoms with E-state index >= 15 is 0 Å². The molecule has 4 heterocycles. The normalized spacial score (nSPS) is 11.4. The van der Waals surface area contributed by atoms with E-state index in [0.29, 0.717) is 40.8 Å². The number of hydrogen-bond donors (Lipinski definition) is 1. The van der Waals surface area contributed by atoms with Crippen LogP contribution in [0.15, 0.2) is 128 Å². The van der Waals surface area contributed by atoms with Gasteiger partial charge in [0.05, 0.1) is 33.9 Å². The average molecular weight is 619 g/mol. The van der Waals surface area contributed by atoms with Crippen molar-refractivity contribution in [1.82, 2.24) is 29.9 Å². The van der Waals surface area contributed by atoms with E-state index in [9.17, 15) is 0 Å². The standard InChI is InChI=1S/C40H26N8/c41-24-25-8-10-26(11-9-25)27-12-18-32(19-13-27)39-46-34(7-1-4-28-14-15-29-5-2-22-43-36(29)35(28)42)47-40(48-39)33-21-20-31-17-16-30-6-3-23-44-37(30)38(31)45-33/h1-6,8-23H,7,42H2/b4-1-. The second-order valence-corrected chi connectivity index (χ2v) is 11.3. The Balaban J connectivity index is 1.19. The van der Waals surface area contributed by atoms with Crippen LogP contribution in [-0.4, -0.2) is 29.9 Å². The minimum atomic E-state index is 0.448. The molecule has 4 aromatic carbocycles. The fourth-order valence-corrected chi connectivity index (χ4v) is 5.77. The summed E-state index contributed by atoms with van der Waals surface area (Å²) in [5.74, 6) is 1.61. The van der Waals surface area contributed by atoms with Crippen molar-refractivity contribution >= 4 is 44.5 Å². The van der Waals surface area contributed by atoms with E-state index in [1.807, 2.05) is 109 Å². The molecule has 226 valence electrons. The first-order chi connectivity index (χ1) is 23.6. The summed E-state index contributed by atoms with van der Waals surface area (Å²) < 4.78 is 0. The number of hydrogen-bond acceptors (Lipinski definition) is 8. The van der Waals surface area contributed by atoms with Crippen LogP contribution < -0.4 is 5.73 Å². The predicted octanol–water partition coefficient (Wildman–Crippen LogP) is 8.23. The lowest BCUT2D eigenvalue weighted by molar-refractivity contribution is 0.944. The van der Waals surface area contributed by atoms with Gasteiger partial charge in [-0.2, -0.15) is 5.26 Å². The van der Waals surface area contributed by atoms with Gasteiger partial charge in [-0.15, -0.1) is 0 Å². The first kappa shape index (κ1) is 28.6. The van der Waals surface area contributed by atoms with E-state index in [0.717, 1.165) is 55.0 Å². The highest BCUT2D eigenvalue weighted by Gasteiger charge is 2.14. The van der Waals surface area contributed by atoms with E-state index < -0.39 is 0 Å². The molecule has 48 heavy (non-hydrogen) atoms. The molecular formula is C40H26N8. The number of nitrogens with zero attached hydrogens (tertiary/aromatic N) is 7. The van der Waals surface area contributed by atoms with Crippen molar-refractivity contribution in [2.24, 2.45) is 0 Å². The monoisotopic (exact) mass is 618 g/mol. The summed E-state index contributed by atoms with van der Waals surface area (Å²) >= 11 is 0. The average Bonchev–Trinajstić information content (AvgIpc) is 3.15. The molecule has 0 aliphatic carbocycles. The van der Waals surface area contributed by atoms with Gasteiger partial charge in [0, 0.05) is 40.5 Å². The molecule has 0 saturated heterocycles. The summed E-state index contributed by atoms with van der Waals surface area (Å²) in [5.41, 5.74) is 14.5. The summed E-state index contributed by atoms with van der Waals surface area (Å²) in [6.07, 6.45) is 7.95. The maximum atomic E-state index is 9.16. The zero-order valence-corrected chi connectivity index (χ0v) is 25.6. The van der Waals surface area contributed by atoms with Crippen LogP contribution >= 0.6 is 0 Å². The lowest BCUT2D eigenvalue weighted by Gasteiger charge is -2.09. The Morgan fingerprint density at radius 2 is 1.19 bits per heavy atom. The second-order valence-electron chi connectivity index (χ2n) is 11.3. The van der Waals surface area contributed by atoms with Gasteiger partial charge in [0.25, 0.3) is 0 Å². The molecule has 0 unspecified atom stereocenters. The molecule has 8 nitrogen and oxygen atoms in total. The third kappa shape index (κ3) is 5.46. The Morgan fingerprint density at radius 1 is 0.583 bits per heavy atom. The van der Waals surface area contributed by atoms with Gasteiger partial charge < -0.3 is 5.73 Å². The summed E-state index contributed by atoms with van der Waals surface area (Å²) in [7, 11) is 0. The maximum Gasteiger partial charge on any atom is 0.182 e. The Kier molecular flexibility index (Phi) is 7.25. The van der Waals surface area contributed by atoms with Gasteiger partial charge in [0.15, 0.2) is 11.6 Å². The van der Waals surface area contributed by atoms with Crippen molar-refractivity contribution in [2.75, 3.05) is 5.73 Å². The van der Waals surface area contributed by atoms with E-state index in [2.05, 4.69) is 28.2 Å². The number of nitrogen functional groups attached to an aromatic ring is 1. The number of rotatable bonds is 6. The van der Waals surface area contributed by atoms with Crippen LogP contribution in [0.3, 0.4) is 0 Å². The molecule has 8 rings (SSSR count). The fourth-order valence-electron chi connectivity index (χ4n) is 5.77. The number of allylic oxidation sites excluding steroid dienone is 1. The second kappa shape index (κ2) is 12.2. The largest absolute Gasteiger partial charge is 0.396 e. The highest BCUT2D eigenvalue weighted by molar-refractivity contribution is 6.03. The summed E-state index contributed by atoms with van der Waals surface area (Å²) in [5, 5.41) is 12.2. The van der Waals surface area contributed by atoms with E-state index in [4.69, 9.17) is 30.9 Å². The maximum absolute atomic E-state index is 9.16. The van der Waals surface area contributed by atoms with Crippen LogP contribution in [0, 0.1) is 11.3 Å². The first-order valence-corrected chi connectivity index (χ1v) is 15.4. The van der Waals surface area contributed by atoms with Crippen molar-refractivity contribution in [3.63, 3.8) is 0 Å². The molecule has 0 saturated carbocycles. The fraction of sp³-hybridized carbons (Fsp3) is 0.0250. The van der Waals surface area contributed by atoms with Crippen molar-refractivity contribution < 1.29 is 0 Å². The van der Waals surface area contributed by atoms with Crippen LogP contribution in [0.1, 0.15) is 17.0 Å². The quantitative estimate of drug-likeness (QED) is 0.146. The van der Waals surface area contributed by atoms with E-state index in [1.165, 1.54) is 0 Å². The Labute approximate surface area is 276 Å². The smallest absolute Gasteiger partial charge is 0.182 e. The lowest BCUT2D eigenvalue weighted by atomic mass is 10.0. The van der Waals surface area contributed by atoms with Crippen molar-refractivity contribution in [1.29, 1.82) is 5.26 Å². The van der Waals surface area contributed by atoms with Gasteiger partial charge in [-0.1, -0.05) is 91.0 Å². The highest BCUT2D eigenvalue weighted by atomic mass is 15.0. The predicted molar refractivity (Wildman–Crippen MR) is 190 cm³/mol.